The van der Waals surface area contributed by atoms with Crippen molar-refractivity contribution in [1.82, 2.24) is 4.98 Å². The Bertz CT molecular complexity index is 855. The molecule has 1 aromatic carbocycles. The highest BCUT2D eigenvalue weighted by Gasteiger charge is 2.24. The minimum atomic E-state index is -0.454. The zero-order valence-electron chi connectivity index (χ0n) is 14.9. The standard InChI is InChI=1S/C20H24N2O3/c1-20(2,3)25-17(23)11-12-4-5-13(10-12)14-6-7-16(19(21)24)18-15(14)8-9-22-18/h6-10,12,22H,4-5,11H2,1-3H3,(H2,21,24). The summed E-state index contributed by atoms with van der Waals surface area (Å²) in [5.41, 5.74) is 8.54. The maximum absolute atomic E-state index is 12.0. The molecule has 2 aromatic rings. The van der Waals surface area contributed by atoms with Crippen LogP contribution in [0.2, 0.25) is 0 Å². The van der Waals surface area contributed by atoms with Gasteiger partial charge < -0.3 is 15.5 Å². The van der Waals surface area contributed by atoms with Crippen molar-refractivity contribution in [3.05, 3.63) is 41.6 Å². The van der Waals surface area contributed by atoms with E-state index in [2.05, 4.69) is 11.1 Å². The lowest BCUT2D eigenvalue weighted by Crippen LogP contribution is -2.24. The second-order valence-electron chi connectivity index (χ2n) is 7.57. The van der Waals surface area contributed by atoms with Crippen molar-refractivity contribution in [1.29, 1.82) is 0 Å². The minimum Gasteiger partial charge on any atom is -0.460 e. The smallest absolute Gasteiger partial charge is 0.306 e. The largest absolute Gasteiger partial charge is 0.460 e. The molecule has 0 fully saturated rings. The summed E-state index contributed by atoms with van der Waals surface area (Å²) >= 11 is 0. The van der Waals surface area contributed by atoms with E-state index in [1.54, 1.807) is 6.07 Å². The first-order valence-electron chi connectivity index (χ1n) is 8.57. The van der Waals surface area contributed by atoms with Crippen LogP contribution in [-0.4, -0.2) is 22.5 Å². The molecule has 1 amide bonds. The van der Waals surface area contributed by atoms with E-state index < -0.39 is 11.5 Å². The summed E-state index contributed by atoms with van der Waals surface area (Å²) in [5, 5.41) is 0.987. The molecule has 1 aliphatic rings. The summed E-state index contributed by atoms with van der Waals surface area (Å²) in [6, 6.07) is 5.66. The Balaban J connectivity index is 1.83. The number of allylic oxidation sites excluding steroid dienone is 2. The fourth-order valence-electron chi connectivity index (χ4n) is 3.42. The molecule has 1 heterocycles. The van der Waals surface area contributed by atoms with E-state index >= 15 is 0 Å². The van der Waals surface area contributed by atoms with Gasteiger partial charge in [0.05, 0.1) is 17.5 Å². The second kappa shape index (κ2) is 6.39. The number of aromatic nitrogens is 1. The third kappa shape index (κ3) is 3.76. The molecule has 1 atom stereocenters. The lowest BCUT2D eigenvalue weighted by molar-refractivity contribution is -0.155. The number of primary amides is 1. The third-order valence-corrected chi connectivity index (χ3v) is 4.40. The first-order chi connectivity index (χ1) is 11.7. The Morgan fingerprint density at radius 1 is 1.28 bits per heavy atom. The number of benzene rings is 1. The van der Waals surface area contributed by atoms with Crippen molar-refractivity contribution in [2.45, 2.75) is 45.6 Å². The molecule has 5 heteroatoms. The number of nitrogens with one attached hydrogen (secondary N) is 1. The number of fused-ring (bicyclic) bond motifs is 1. The van der Waals surface area contributed by atoms with E-state index in [0.717, 1.165) is 29.3 Å². The first-order valence-corrected chi connectivity index (χ1v) is 8.57. The van der Waals surface area contributed by atoms with Gasteiger partial charge in [0.25, 0.3) is 5.91 Å². The number of amides is 1. The number of rotatable bonds is 4. The molecular weight excluding hydrogens is 316 g/mol. The van der Waals surface area contributed by atoms with Gasteiger partial charge in [-0.2, -0.15) is 0 Å². The number of carbonyl (C=O) groups is 2. The molecule has 1 unspecified atom stereocenters. The number of H-pyrrole nitrogens is 1. The predicted molar refractivity (Wildman–Crippen MR) is 98.0 cm³/mol. The minimum absolute atomic E-state index is 0.161. The van der Waals surface area contributed by atoms with Crippen LogP contribution < -0.4 is 5.73 Å². The van der Waals surface area contributed by atoms with Crippen LogP contribution in [0.25, 0.3) is 16.5 Å². The zero-order chi connectivity index (χ0) is 18.2. The molecule has 0 aliphatic heterocycles. The maximum Gasteiger partial charge on any atom is 0.306 e. The van der Waals surface area contributed by atoms with Gasteiger partial charge in [0.2, 0.25) is 0 Å². The Hall–Kier alpha value is -2.56. The van der Waals surface area contributed by atoms with E-state index in [1.807, 2.05) is 39.1 Å². The van der Waals surface area contributed by atoms with Crippen molar-refractivity contribution < 1.29 is 14.3 Å². The highest BCUT2D eigenvalue weighted by Crippen LogP contribution is 2.37. The lowest BCUT2D eigenvalue weighted by atomic mass is 9.98. The second-order valence-corrected chi connectivity index (χ2v) is 7.57. The summed E-state index contributed by atoms with van der Waals surface area (Å²) in [6.45, 7) is 5.64. The van der Waals surface area contributed by atoms with Crippen LogP contribution in [0.4, 0.5) is 0 Å². The SMILES string of the molecule is CC(C)(C)OC(=O)CC1C=C(c2ccc(C(N)=O)c3[nH]ccc23)CC1. The molecule has 0 bridgehead atoms. The van der Waals surface area contributed by atoms with Crippen LogP contribution in [0.15, 0.2) is 30.5 Å². The van der Waals surface area contributed by atoms with Crippen LogP contribution in [0.5, 0.6) is 0 Å². The Morgan fingerprint density at radius 2 is 2.04 bits per heavy atom. The molecule has 132 valence electrons. The van der Waals surface area contributed by atoms with Crippen molar-refractivity contribution in [2.75, 3.05) is 0 Å². The fraction of sp³-hybridized carbons (Fsp3) is 0.400. The van der Waals surface area contributed by atoms with Gasteiger partial charge in [0.1, 0.15) is 5.60 Å². The number of aromatic amines is 1. The lowest BCUT2D eigenvalue weighted by Gasteiger charge is -2.20. The van der Waals surface area contributed by atoms with Gasteiger partial charge >= 0.3 is 5.97 Å². The van der Waals surface area contributed by atoms with Crippen molar-refractivity contribution in [2.24, 2.45) is 11.7 Å². The number of hydrogen-bond acceptors (Lipinski definition) is 3. The average Bonchev–Trinajstić information content (AvgIpc) is 3.12. The summed E-state index contributed by atoms with van der Waals surface area (Å²) in [7, 11) is 0. The quantitative estimate of drug-likeness (QED) is 0.830. The average molecular weight is 340 g/mol. The van der Waals surface area contributed by atoms with Crippen LogP contribution in [0, 0.1) is 5.92 Å². The molecule has 1 aromatic heterocycles. The van der Waals surface area contributed by atoms with E-state index in [9.17, 15) is 9.59 Å². The summed E-state index contributed by atoms with van der Waals surface area (Å²) < 4.78 is 5.42. The summed E-state index contributed by atoms with van der Waals surface area (Å²) in [5.74, 6) is -0.414. The molecule has 0 spiro atoms. The highest BCUT2D eigenvalue weighted by atomic mass is 16.6. The first kappa shape index (κ1) is 17.3. The Morgan fingerprint density at radius 3 is 2.72 bits per heavy atom. The molecule has 0 saturated carbocycles. The van der Waals surface area contributed by atoms with Gasteiger partial charge in [-0.15, -0.1) is 0 Å². The number of nitrogens with two attached hydrogens (primary N) is 1. The van der Waals surface area contributed by atoms with Gasteiger partial charge in [0, 0.05) is 11.6 Å². The third-order valence-electron chi connectivity index (χ3n) is 4.40. The number of esters is 1. The topological polar surface area (TPSA) is 85.2 Å². The number of carbonyl (C=O) groups excluding carboxylic acids is 2. The van der Waals surface area contributed by atoms with Gasteiger partial charge in [-0.1, -0.05) is 12.1 Å². The fourth-order valence-corrected chi connectivity index (χ4v) is 3.42. The summed E-state index contributed by atoms with van der Waals surface area (Å²) in [4.78, 5) is 26.7. The highest BCUT2D eigenvalue weighted by molar-refractivity contribution is 6.07. The van der Waals surface area contributed by atoms with E-state index in [4.69, 9.17) is 10.5 Å². The Labute approximate surface area is 147 Å². The van der Waals surface area contributed by atoms with Crippen molar-refractivity contribution >= 4 is 28.4 Å². The van der Waals surface area contributed by atoms with E-state index in [-0.39, 0.29) is 11.9 Å². The van der Waals surface area contributed by atoms with Gasteiger partial charge in [-0.25, -0.2) is 0 Å². The molecule has 0 radical (unpaired) electrons. The van der Waals surface area contributed by atoms with Crippen LogP contribution in [-0.2, 0) is 9.53 Å². The van der Waals surface area contributed by atoms with Crippen LogP contribution >= 0.6 is 0 Å². The molecule has 5 nitrogen and oxygen atoms in total. The predicted octanol–water partition coefficient (Wildman–Crippen LogP) is 3.79. The normalized spacial score (nSPS) is 17.6. The zero-order valence-corrected chi connectivity index (χ0v) is 14.9. The van der Waals surface area contributed by atoms with Crippen molar-refractivity contribution in [3.8, 4) is 0 Å². The van der Waals surface area contributed by atoms with Gasteiger partial charge in [-0.05, 0) is 62.8 Å². The molecule has 0 saturated heterocycles. The van der Waals surface area contributed by atoms with Gasteiger partial charge in [0.15, 0.2) is 0 Å². The van der Waals surface area contributed by atoms with Crippen molar-refractivity contribution in [3.63, 3.8) is 0 Å². The van der Waals surface area contributed by atoms with E-state index in [0.29, 0.717) is 12.0 Å². The Kier molecular flexibility index (Phi) is 4.41. The molecule has 1 aliphatic carbocycles. The number of ether oxygens (including phenoxy) is 1. The summed E-state index contributed by atoms with van der Waals surface area (Å²) in [6.07, 6.45) is 6.21. The van der Waals surface area contributed by atoms with E-state index in [1.165, 1.54) is 5.57 Å². The molecular formula is C20H24N2O3. The molecule has 3 N–H and O–H groups in total. The monoisotopic (exact) mass is 340 g/mol. The molecule has 3 rings (SSSR count). The number of hydrogen-bond donors (Lipinski definition) is 2. The maximum atomic E-state index is 12.0. The molecule has 25 heavy (non-hydrogen) atoms. The van der Waals surface area contributed by atoms with Gasteiger partial charge in [-0.3, -0.25) is 9.59 Å². The van der Waals surface area contributed by atoms with Crippen LogP contribution in [0.3, 0.4) is 0 Å². The van der Waals surface area contributed by atoms with Crippen LogP contribution in [0.1, 0.15) is 56.0 Å².